The number of allylic oxidation sites excluding steroid dienone is 8. The predicted molar refractivity (Wildman–Crippen MR) is 241 cm³/mol. The number of hydrogen-bond acceptors (Lipinski definition) is 6. The van der Waals surface area contributed by atoms with Crippen LogP contribution in [0.25, 0.3) is 0 Å². The summed E-state index contributed by atoms with van der Waals surface area (Å²) in [5, 5.41) is 22.6. The highest BCUT2D eigenvalue weighted by Gasteiger charge is 2.19. The lowest BCUT2D eigenvalue weighted by Gasteiger charge is -2.18. The number of carboxylic acid groups (broad SMARTS) is 1. The van der Waals surface area contributed by atoms with Gasteiger partial charge in [0.2, 0.25) is 11.8 Å². The van der Waals surface area contributed by atoms with E-state index in [2.05, 4.69) is 73.1 Å². The summed E-state index contributed by atoms with van der Waals surface area (Å²) < 4.78 is 6.04. The lowest BCUT2D eigenvalue weighted by molar-refractivity contribution is -0.150. The van der Waals surface area contributed by atoms with Crippen molar-refractivity contribution < 1.29 is 34.1 Å². The van der Waals surface area contributed by atoms with Crippen LogP contribution in [0.5, 0.6) is 0 Å². The Hall–Kier alpha value is -3.20. The minimum atomic E-state index is -1.38. The number of carbonyl (C=O) groups excluding carboxylic acids is 3. The fourth-order valence-electron chi connectivity index (χ4n) is 6.77. The Labute approximate surface area is 354 Å². The molecule has 0 aliphatic carbocycles. The molecule has 9 heteroatoms. The summed E-state index contributed by atoms with van der Waals surface area (Å²) in [4.78, 5) is 47.7. The third-order valence-corrected chi connectivity index (χ3v) is 10.3. The van der Waals surface area contributed by atoms with Crippen molar-refractivity contribution >= 4 is 23.8 Å². The van der Waals surface area contributed by atoms with Crippen molar-refractivity contribution in [3.8, 4) is 0 Å². The van der Waals surface area contributed by atoms with Crippen LogP contribution in [-0.4, -0.2) is 59.3 Å². The smallest absolute Gasteiger partial charge is 0.328 e. The number of amides is 2. The molecule has 2 amide bonds. The predicted octanol–water partition coefficient (Wildman–Crippen LogP) is 11.9. The van der Waals surface area contributed by atoms with E-state index in [1.54, 1.807) is 0 Å². The molecule has 0 aliphatic rings. The summed E-state index contributed by atoms with van der Waals surface area (Å²) in [6, 6.07) is -1.38. The maximum absolute atomic E-state index is 12.8. The number of carbonyl (C=O) groups is 4. The van der Waals surface area contributed by atoms with Gasteiger partial charge in [0.1, 0.15) is 12.1 Å². The highest BCUT2D eigenvalue weighted by atomic mass is 16.5. The first-order valence-electron chi connectivity index (χ1n) is 23.5. The molecule has 2 atom stereocenters. The topological polar surface area (TPSA) is 142 Å². The number of esters is 1. The van der Waals surface area contributed by atoms with Crippen LogP contribution in [0, 0.1) is 0 Å². The van der Waals surface area contributed by atoms with Gasteiger partial charge in [-0.25, -0.2) is 4.79 Å². The second kappa shape index (κ2) is 43.4. The molecule has 0 saturated carbocycles. The average Bonchev–Trinajstić information content (AvgIpc) is 3.21. The van der Waals surface area contributed by atoms with E-state index < -0.39 is 24.5 Å². The monoisotopic (exact) mass is 815 g/mol. The zero-order chi connectivity index (χ0) is 42.6. The molecule has 0 aromatic carbocycles. The number of aliphatic carboxylic acids is 1. The van der Waals surface area contributed by atoms with E-state index in [0.717, 1.165) is 89.9 Å². The van der Waals surface area contributed by atoms with E-state index in [-0.39, 0.29) is 24.5 Å². The third-order valence-electron chi connectivity index (χ3n) is 10.3. The number of unbranched alkanes of at least 4 members (excludes halogenated alkanes) is 20. The summed E-state index contributed by atoms with van der Waals surface area (Å²) in [6.07, 6.45) is 51.4. The molecule has 0 aromatic rings. The van der Waals surface area contributed by atoms with Crippen molar-refractivity contribution in [3.05, 3.63) is 48.6 Å². The van der Waals surface area contributed by atoms with Gasteiger partial charge in [-0.15, -0.1) is 0 Å². The molecular formula is C49H86N2O7. The quantitative estimate of drug-likeness (QED) is 0.0273. The van der Waals surface area contributed by atoms with Crippen LogP contribution in [0.2, 0.25) is 0 Å². The molecule has 0 spiro atoms. The summed E-state index contributed by atoms with van der Waals surface area (Å²) in [5.41, 5.74) is 0. The van der Waals surface area contributed by atoms with Gasteiger partial charge in [0.05, 0.1) is 13.2 Å². The number of rotatable bonds is 42. The van der Waals surface area contributed by atoms with E-state index in [1.165, 1.54) is 89.9 Å². The Morgan fingerprint density at radius 2 is 0.983 bits per heavy atom. The molecule has 334 valence electrons. The molecule has 4 N–H and O–H groups in total. The number of ether oxygens (including phenoxy) is 1. The SMILES string of the molecule is CC/C=C\C/C=C\C/C=C\C/C=C\CCCCCCCCC(=O)OC(CCCCCCCCCCCCC)CCCCCCCC(=O)NCC(=O)NC(CO)C(=O)O. The van der Waals surface area contributed by atoms with Crippen LogP contribution >= 0.6 is 0 Å². The molecule has 0 radical (unpaired) electrons. The largest absolute Gasteiger partial charge is 0.480 e. The molecule has 0 rings (SSSR count). The van der Waals surface area contributed by atoms with Gasteiger partial charge in [0.25, 0.3) is 0 Å². The molecule has 0 bridgehead atoms. The molecule has 0 fully saturated rings. The van der Waals surface area contributed by atoms with Crippen LogP contribution in [0.1, 0.15) is 213 Å². The molecule has 0 aromatic heterocycles. The summed E-state index contributed by atoms with van der Waals surface area (Å²) in [7, 11) is 0. The first kappa shape index (κ1) is 54.8. The van der Waals surface area contributed by atoms with Gasteiger partial charge >= 0.3 is 11.9 Å². The maximum atomic E-state index is 12.8. The van der Waals surface area contributed by atoms with E-state index in [4.69, 9.17) is 14.9 Å². The van der Waals surface area contributed by atoms with Gasteiger partial charge < -0.3 is 25.6 Å². The molecular weight excluding hydrogens is 729 g/mol. The first-order chi connectivity index (χ1) is 28.3. The van der Waals surface area contributed by atoms with Gasteiger partial charge in [-0.05, 0) is 77.0 Å². The second-order valence-electron chi connectivity index (χ2n) is 15.8. The van der Waals surface area contributed by atoms with Crippen molar-refractivity contribution in [2.75, 3.05) is 13.2 Å². The Morgan fingerprint density at radius 3 is 1.48 bits per heavy atom. The van der Waals surface area contributed by atoms with Gasteiger partial charge in [0.15, 0.2) is 0 Å². The van der Waals surface area contributed by atoms with Crippen LogP contribution in [0.3, 0.4) is 0 Å². The van der Waals surface area contributed by atoms with E-state index >= 15 is 0 Å². The number of hydrogen-bond donors (Lipinski definition) is 4. The summed E-state index contributed by atoms with van der Waals surface area (Å²) in [5.74, 6) is -2.30. The van der Waals surface area contributed by atoms with Crippen molar-refractivity contribution in [1.82, 2.24) is 10.6 Å². The zero-order valence-electron chi connectivity index (χ0n) is 37.0. The molecule has 2 unspecified atom stereocenters. The van der Waals surface area contributed by atoms with Gasteiger partial charge in [-0.1, -0.05) is 172 Å². The van der Waals surface area contributed by atoms with Gasteiger partial charge in [-0.2, -0.15) is 0 Å². The minimum absolute atomic E-state index is 0.0205. The van der Waals surface area contributed by atoms with E-state index in [1.807, 2.05) is 0 Å². The average molecular weight is 815 g/mol. The molecule has 58 heavy (non-hydrogen) atoms. The maximum Gasteiger partial charge on any atom is 0.328 e. The summed E-state index contributed by atoms with van der Waals surface area (Å²) in [6.45, 7) is 3.38. The van der Waals surface area contributed by atoms with Crippen molar-refractivity contribution in [1.29, 1.82) is 0 Å². The standard InChI is InChI=1S/C49H86N2O7/c1-3-5-7-9-11-13-15-16-17-18-19-20-21-22-24-26-28-33-37-41-48(55)58-44(38-34-30-27-25-23-14-12-10-8-6-4-2)39-35-31-29-32-36-40-46(53)50-42-47(54)51-45(43-52)49(56)57/h5,7,11,13,16-17,19-20,44-45,52H,3-4,6,8-10,12,14-15,18,21-43H2,1-2H3,(H,50,53)(H,51,54)(H,56,57)/b7-5-,13-11-,17-16-,20-19-. The molecule has 0 aliphatic heterocycles. The van der Waals surface area contributed by atoms with Gasteiger partial charge in [0, 0.05) is 12.8 Å². The Morgan fingerprint density at radius 1 is 0.534 bits per heavy atom. The van der Waals surface area contributed by atoms with Crippen molar-refractivity contribution in [2.45, 2.75) is 225 Å². The number of aliphatic hydroxyl groups excluding tert-OH is 1. The zero-order valence-corrected chi connectivity index (χ0v) is 37.0. The molecule has 0 heterocycles. The molecule has 9 nitrogen and oxygen atoms in total. The fraction of sp³-hybridized carbons (Fsp3) is 0.755. The van der Waals surface area contributed by atoms with Crippen LogP contribution in [0.4, 0.5) is 0 Å². The normalized spacial score (nSPS) is 12.9. The number of nitrogens with one attached hydrogen (secondary N) is 2. The van der Waals surface area contributed by atoms with E-state index in [0.29, 0.717) is 19.3 Å². The van der Waals surface area contributed by atoms with Crippen LogP contribution < -0.4 is 10.6 Å². The number of aliphatic hydroxyl groups is 1. The Bertz CT molecular complexity index is 1120. The minimum Gasteiger partial charge on any atom is -0.480 e. The lowest BCUT2D eigenvalue weighted by Crippen LogP contribution is -2.47. The highest BCUT2D eigenvalue weighted by Crippen LogP contribution is 2.19. The number of carboxylic acids is 1. The fourth-order valence-corrected chi connectivity index (χ4v) is 6.77. The van der Waals surface area contributed by atoms with Crippen LogP contribution in [-0.2, 0) is 23.9 Å². The Kier molecular flexibility index (Phi) is 41.0. The Balaban J connectivity index is 4.29. The summed E-state index contributed by atoms with van der Waals surface area (Å²) >= 11 is 0. The van der Waals surface area contributed by atoms with Gasteiger partial charge in [-0.3, -0.25) is 14.4 Å². The van der Waals surface area contributed by atoms with Crippen LogP contribution in [0.15, 0.2) is 48.6 Å². The highest BCUT2D eigenvalue weighted by molar-refractivity contribution is 5.87. The van der Waals surface area contributed by atoms with Crippen molar-refractivity contribution in [2.24, 2.45) is 0 Å². The molecule has 0 saturated heterocycles. The third kappa shape index (κ3) is 39.6. The van der Waals surface area contributed by atoms with Crippen molar-refractivity contribution in [3.63, 3.8) is 0 Å². The first-order valence-corrected chi connectivity index (χ1v) is 23.5. The van der Waals surface area contributed by atoms with E-state index in [9.17, 15) is 19.2 Å². The second-order valence-corrected chi connectivity index (χ2v) is 15.8. The lowest BCUT2D eigenvalue weighted by atomic mass is 10.0.